The molecule has 0 fully saturated rings. The quantitative estimate of drug-likeness (QED) is 0.820. The van der Waals surface area contributed by atoms with Crippen molar-refractivity contribution in [3.05, 3.63) is 41.7 Å². The second kappa shape index (κ2) is 5.54. The van der Waals surface area contributed by atoms with Gasteiger partial charge in [0.05, 0.1) is 6.04 Å². The molecule has 0 saturated heterocycles. The Balaban J connectivity index is 2.30. The minimum absolute atomic E-state index is 0.0335. The summed E-state index contributed by atoms with van der Waals surface area (Å²) in [6, 6.07) is 2.04. The van der Waals surface area contributed by atoms with Crippen molar-refractivity contribution in [2.24, 2.45) is 0 Å². The minimum atomic E-state index is 0.0335. The number of pyridine rings is 1. The number of hydrogen-bond acceptors (Lipinski definition) is 4. The van der Waals surface area contributed by atoms with Gasteiger partial charge >= 0.3 is 0 Å². The van der Waals surface area contributed by atoms with Crippen LogP contribution in [-0.2, 0) is 0 Å². The average molecular weight is 231 g/mol. The molecule has 2 N–H and O–H groups in total. The van der Waals surface area contributed by atoms with Crippen molar-refractivity contribution in [3.8, 4) is 0 Å². The lowest BCUT2D eigenvalue weighted by atomic mass is 10.0. The van der Waals surface area contributed by atoms with Gasteiger partial charge in [-0.05, 0) is 37.1 Å². The van der Waals surface area contributed by atoms with Gasteiger partial charge in [0.15, 0.2) is 0 Å². The maximum Gasteiger partial charge on any atom is 0.146 e. The number of aryl methyl sites for hydroxylation is 1. The van der Waals surface area contributed by atoms with E-state index in [9.17, 15) is 0 Å². The fourth-order valence-electron chi connectivity index (χ4n) is 1.78. The van der Waals surface area contributed by atoms with Crippen molar-refractivity contribution in [2.45, 2.75) is 26.3 Å². The summed E-state index contributed by atoms with van der Waals surface area (Å²) in [6.07, 6.45) is 6.28. The molecule has 0 spiro atoms. The molecule has 2 heterocycles. The molecule has 0 aromatic carbocycles. The number of rotatable bonds is 5. The normalized spacial score (nSPS) is 12.6. The molecule has 5 heteroatoms. The minimum Gasteiger partial charge on any atom is -0.304 e. The molecule has 0 aliphatic heterocycles. The first kappa shape index (κ1) is 11.7. The van der Waals surface area contributed by atoms with Crippen molar-refractivity contribution in [3.63, 3.8) is 0 Å². The van der Waals surface area contributed by atoms with E-state index in [1.54, 1.807) is 6.20 Å². The van der Waals surface area contributed by atoms with Gasteiger partial charge in [-0.1, -0.05) is 6.92 Å². The molecular formula is C12H17N5. The number of hydrogen-bond donors (Lipinski definition) is 2. The van der Waals surface area contributed by atoms with E-state index < -0.39 is 0 Å². The molecule has 0 saturated carbocycles. The van der Waals surface area contributed by atoms with Crippen LogP contribution in [0.2, 0.25) is 0 Å². The van der Waals surface area contributed by atoms with Crippen molar-refractivity contribution in [2.75, 3.05) is 6.54 Å². The van der Waals surface area contributed by atoms with Gasteiger partial charge in [0.1, 0.15) is 12.2 Å². The highest BCUT2D eigenvalue weighted by Crippen LogP contribution is 2.20. The maximum absolute atomic E-state index is 4.23. The lowest BCUT2D eigenvalue weighted by Gasteiger charge is -2.17. The monoisotopic (exact) mass is 231 g/mol. The van der Waals surface area contributed by atoms with E-state index >= 15 is 0 Å². The molecule has 17 heavy (non-hydrogen) atoms. The third-order valence-electron chi connectivity index (χ3n) is 2.70. The second-order valence-electron chi connectivity index (χ2n) is 3.99. The van der Waals surface area contributed by atoms with Gasteiger partial charge in [-0.2, -0.15) is 5.10 Å². The average Bonchev–Trinajstić information content (AvgIpc) is 2.85. The van der Waals surface area contributed by atoms with Gasteiger partial charge in [0.2, 0.25) is 0 Å². The van der Waals surface area contributed by atoms with E-state index in [0.29, 0.717) is 0 Å². The van der Waals surface area contributed by atoms with E-state index in [1.807, 2.05) is 12.3 Å². The van der Waals surface area contributed by atoms with Gasteiger partial charge in [-0.15, -0.1) is 0 Å². The van der Waals surface area contributed by atoms with Gasteiger partial charge in [0, 0.05) is 12.4 Å². The van der Waals surface area contributed by atoms with Crippen molar-refractivity contribution < 1.29 is 0 Å². The molecule has 0 aliphatic carbocycles. The van der Waals surface area contributed by atoms with Crippen molar-refractivity contribution in [1.29, 1.82) is 0 Å². The van der Waals surface area contributed by atoms with Crippen LogP contribution in [0.4, 0.5) is 0 Å². The highest BCUT2D eigenvalue weighted by atomic mass is 15.2. The molecule has 0 radical (unpaired) electrons. The van der Waals surface area contributed by atoms with Crippen molar-refractivity contribution in [1.82, 2.24) is 25.5 Å². The molecule has 90 valence electrons. The highest BCUT2D eigenvalue weighted by Gasteiger charge is 2.17. The molecule has 1 atom stereocenters. The van der Waals surface area contributed by atoms with E-state index in [0.717, 1.165) is 24.4 Å². The summed E-state index contributed by atoms with van der Waals surface area (Å²) in [5.74, 6) is 0.828. The molecule has 5 nitrogen and oxygen atoms in total. The maximum atomic E-state index is 4.23. The smallest absolute Gasteiger partial charge is 0.146 e. The highest BCUT2D eigenvalue weighted by molar-refractivity contribution is 5.29. The Labute approximate surface area is 101 Å². The lowest BCUT2D eigenvalue weighted by Crippen LogP contribution is -2.25. The third-order valence-corrected chi connectivity index (χ3v) is 2.70. The van der Waals surface area contributed by atoms with Gasteiger partial charge < -0.3 is 5.32 Å². The lowest BCUT2D eigenvalue weighted by molar-refractivity contribution is 0.570. The third kappa shape index (κ3) is 2.68. The van der Waals surface area contributed by atoms with Crippen LogP contribution in [0.15, 0.2) is 24.8 Å². The summed E-state index contributed by atoms with van der Waals surface area (Å²) in [5, 5.41) is 10.3. The molecule has 2 aromatic rings. The number of nitrogens with zero attached hydrogens (tertiary/aromatic N) is 3. The van der Waals surface area contributed by atoms with Crippen LogP contribution in [0, 0.1) is 6.92 Å². The fourth-order valence-corrected chi connectivity index (χ4v) is 1.78. The standard InChI is InChI=1S/C12H17N5/c1-3-5-14-11(12-15-8-16-17-12)10-7-13-6-4-9(10)2/h4,6-8,11,14H,3,5H2,1-2H3,(H,15,16,17). The SMILES string of the molecule is CCCNC(c1ncn[nH]1)c1cnccc1C. The predicted molar refractivity (Wildman–Crippen MR) is 65.5 cm³/mol. The zero-order valence-electron chi connectivity index (χ0n) is 10.1. The second-order valence-corrected chi connectivity index (χ2v) is 3.99. The summed E-state index contributed by atoms with van der Waals surface area (Å²) in [6.45, 7) is 5.15. The van der Waals surface area contributed by atoms with Crippen LogP contribution in [0.5, 0.6) is 0 Å². The summed E-state index contributed by atoms with van der Waals surface area (Å²) in [4.78, 5) is 8.41. The Bertz CT molecular complexity index is 452. The molecule has 1 unspecified atom stereocenters. The number of aromatic nitrogens is 4. The first-order valence-electron chi connectivity index (χ1n) is 5.82. The molecule has 2 aromatic heterocycles. The summed E-state index contributed by atoms with van der Waals surface area (Å²) in [5.41, 5.74) is 2.34. The van der Waals surface area contributed by atoms with E-state index in [2.05, 4.69) is 39.3 Å². The van der Waals surface area contributed by atoms with Gasteiger partial charge in [-0.3, -0.25) is 10.1 Å². The molecule has 0 amide bonds. The van der Waals surface area contributed by atoms with Crippen LogP contribution >= 0.6 is 0 Å². The Morgan fingerprint density at radius 1 is 1.47 bits per heavy atom. The molecule has 2 rings (SSSR count). The van der Waals surface area contributed by atoms with Crippen LogP contribution < -0.4 is 5.32 Å². The number of nitrogens with one attached hydrogen (secondary N) is 2. The Hall–Kier alpha value is -1.75. The fraction of sp³-hybridized carbons (Fsp3) is 0.417. The Morgan fingerprint density at radius 3 is 3.00 bits per heavy atom. The number of aromatic amines is 1. The first-order valence-corrected chi connectivity index (χ1v) is 5.82. The van der Waals surface area contributed by atoms with Gasteiger partial charge in [-0.25, -0.2) is 4.98 Å². The van der Waals surface area contributed by atoms with Crippen LogP contribution in [0.1, 0.15) is 36.3 Å². The molecule has 0 bridgehead atoms. The van der Waals surface area contributed by atoms with Crippen LogP contribution in [0.25, 0.3) is 0 Å². The van der Waals surface area contributed by atoms with Gasteiger partial charge in [0.25, 0.3) is 0 Å². The first-order chi connectivity index (χ1) is 8.33. The van der Waals surface area contributed by atoms with E-state index in [-0.39, 0.29) is 6.04 Å². The summed E-state index contributed by atoms with van der Waals surface area (Å²) in [7, 11) is 0. The van der Waals surface area contributed by atoms with E-state index in [4.69, 9.17) is 0 Å². The Morgan fingerprint density at radius 2 is 2.35 bits per heavy atom. The zero-order valence-corrected chi connectivity index (χ0v) is 10.1. The van der Waals surface area contributed by atoms with Crippen LogP contribution in [0.3, 0.4) is 0 Å². The molecule has 0 aliphatic rings. The summed E-state index contributed by atoms with van der Waals surface area (Å²) < 4.78 is 0. The van der Waals surface area contributed by atoms with E-state index in [1.165, 1.54) is 11.9 Å². The number of H-pyrrole nitrogens is 1. The summed E-state index contributed by atoms with van der Waals surface area (Å²) >= 11 is 0. The topological polar surface area (TPSA) is 66.5 Å². The zero-order chi connectivity index (χ0) is 12.1. The predicted octanol–water partition coefficient (Wildman–Crippen LogP) is 1.60. The van der Waals surface area contributed by atoms with Crippen molar-refractivity contribution >= 4 is 0 Å². The molecular weight excluding hydrogens is 214 g/mol. The Kier molecular flexibility index (Phi) is 3.82. The van der Waals surface area contributed by atoms with Crippen LogP contribution in [-0.4, -0.2) is 26.7 Å². The largest absolute Gasteiger partial charge is 0.304 e.